The van der Waals surface area contributed by atoms with Gasteiger partial charge in [-0.05, 0) is 29.0 Å². The zero-order valence-corrected chi connectivity index (χ0v) is 14.2. The second-order valence-corrected chi connectivity index (χ2v) is 6.20. The number of fused-ring (bicyclic) bond motifs is 1. The van der Waals surface area contributed by atoms with Crippen molar-refractivity contribution in [2.24, 2.45) is 0 Å². The van der Waals surface area contributed by atoms with Gasteiger partial charge in [0.2, 0.25) is 0 Å². The molecule has 1 aliphatic heterocycles. The fraction of sp³-hybridized carbons (Fsp3) is 0.429. The second kappa shape index (κ2) is 6.73. The van der Waals surface area contributed by atoms with E-state index in [1.165, 1.54) is 0 Å². The number of anilines is 2. The van der Waals surface area contributed by atoms with Gasteiger partial charge in [0.25, 0.3) is 5.91 Å². The highest BCUT2D eigenvalue weighted by atomic mass is 79.9. The van der Waals surface area contributed by atoms with Crippen molar-refractivity contribution in [3.05, 3.63) is 16.9 Å². The van der Waals surface area contributed by atoms with Gasteiger partial charge in [-0.1, -0.05) is 0 Å². The van der Waals surface area contributed by atoms with Crippen molar-refractivity contribution in [1.82, 2.24) is 19.9 Å². The molecule has 0 spiro atoms. The SMILES string of the molecule is CN1CCN(c2nc3cnc(Br)cc3nc2NC(=O)CO)CC1. The average Bonchev–Trinajstić information content (AvgIpc) is 2.55. The lowest BCUT2D eigenvalue weighted by Gasteiger charge is -2.33. The van der Waals surface area contributed by atoms with Gasteiger partial charge >= 0.3 is 0 Å². The minimum absolute atomic E-state index is 0.360. The Bertz CT molecular complexity index is 733. The number of aliphatic hydroxyl groups excluding tert-OH is 1. The Kier molecular flexibility index (Phi) is 4.69. The fourth-order valence-corrected chi connectivity index (χ4v) is 2.74. The minimum Gasteiger partial charge on any atom is -0.387 e. The Hall–Kier alpha value is -1.84. The van der Waals surface area contributed by atoms with Crippen LogP contribution in [0.3, 0.4) is 0 Å². The van der Waals surface area contributed by atoms with E-state index in [1.54, 1.807) is 12.3 Å². The van der Waals surface area contributed by atoms with E-state index in [0.717, 1.165) is 26.2 Å². The molecule has 1 saturated heterocycles. The first-order valence-corrected chi connectivity index (χ1v) is 8.03. The molecule has 9 heteroatoms. The van der Waals surface area contributed by atoms with Crippen LogP contribution in [0.15, 0.2) is 16.9 Å². The van der Waals surface area contributed by atoms with Crippen LogP contribution in [-0.4, -0.2) is 70.7 Å². The van der Waals surface area contributed by atoms with Crippen LogP contribution in [0.2, 0.25) is 0 Å². The van der Waals surface area contributed by atoms with Gasteiger partial charge in [0.05, 0.1) is 11.7 Å². The highest BCUT2D eigenvalue weighted by Crippen LogP contribution is 2.26. The maximum absolute atomic E-state index is 11.6. The van der Waals surface area contributed by atoms with Crippen LogP contribution in [0.5, 0.6) is 0 Å². The summed E-state index contributed by atoms with van der Waals surface area (Å²) in [7, 11) is 2.07. The summed E-state index contributed by atoms with van der Waals surface area (Å²) in [5.41, 5.74) is 1.28. The molecule has 1 fully saturated rings. The Morgan fingerprint density at radius 1 is 1.30 bits per heavy atom. The van der Waals surface area contributed by atoms with Gasteiger partial charge in [-0.2, -0.15) is 0 Å². The van der Waals surface area contributed by atoms with E-state index < -0.39 is 12.5 Å². The van der Waals surface area contributed by atoms with Crippen molar-refractivity contribution in [3.63, 3.8) is 0 Å². The van der Waals surface area contributed by atoms with Gasteiger partial charge in [-0.15, -0.1) is 0 Å². The first kappa shape index (κ1) is 16.0. The topological polar surface area (TPSA) is 94.5 Å². The van der Waals surface area contributed by atoms with Crippen LogP contribution in [-0.2, 0) is 4.79 Å². The molecule has 2 N–H and O–H groups in total. The minimum atomic E-state index is -0.595. The number of nitrogens with one attached hydrogen (secondary N) is 1. The van der Waals surface area contributed by atoms with Crippen molar-refractivity contribution >= 4 is 44.5 Å². The number of pyridine rings is 1. The summed E-state index contributed by atoms with van der Waals surface area (Å²) in [5.74, 6) is 0.456. The zero-order chi connectivity index (χ0) is 16.4. The second-order valence-electron chi connectivity index (χ2n) is 5.39. The molecule has 8 nitrogen and oxygen atoms in total. The summed E-state index contributed by atoms with van der Waals surface area (Å²) < 4.78 is 0.645. The number of piperazine rings is 1. The highest BCUT2D eigenvalue weighted by molar-refractivity contribution is 9.10. The molecule has 3 rings (SSSR count). The molecule has 0 aromatic carbocycles. The van der Waals surface area contributed by atoms with Gasteiger partial charge in [0, 0.05) is 26.2 Å². The standard InChI is InChI=1S/C14H17BrN6O2/c1-20-2-4-21(5-3-20)14-13(19-12(23)8-22)17-9-6-11(15)16-7-10(9)18-14/h6-7,22H,2-5,8H2,1H3,(H,17,19,23). The number of nitrogens with zero attached hydrogens (tertiary/aromatic N) is 5. The van der Waals surface area contributed by atoms with E-state index in [9.17, 15) is 4.79 Å². The number of halogens is 1. The molecule has 122 valence electrons. The van der Waals surface area contributed by atoms with E-state index in [1.807, 2.05) is 0 Å². The number of amides is 1. The van der Waals surface area contributed by atoms with E-state index in [-0.39, 0.29) is 0 Å². The first-order valence-electron chi connectivity index (χ1n) is 7.24. The summed E-state index contributed by atoms with van der Waals surface area (Å²) >= 11 is 3.30. The Morgan fingerprint density at radius 3 is 2.74 bits per heavy atom. The first-order chi connectivity index (χ1) is 11.1. The number of likely N-dealkylation sites (N-methyl/N-ethyl adjacent to an activating group) is 1. The number of carbonyl (C=O) groups is 1. The van der Waals surface area contributed by atoms with E-state index in [0.29, 0.717) is 27.3 Å². The van der Waals surface area contributed by atoms with Gasteiger partial charge < -0.3 is 20.2 Å². The monoisotopic (exact) mass is 380 g/mol. The van der Waals surface area contributed by atoms with Crippen LogP contribution < -0.4 is 10.2 Å². The lowest BCUT2D eigenvalue weighted by molar-refractivity contribution is -0.118. The Labute approximate surface area is 141 Å². The van der Waals surface area contributed by atoms with Crippen molar-refractivity contribution in [3.8, 4) is 0 Å². The molecule has 0 radical (unpaired) electrons. The number of carbonyl (C=O) groups excluding carboxylic acids is 1. The molecule has 2 aromatic heterocycles. The third-order valence-corrected chi connectivity index (χ3v) is 4.14. The molecule has 1 amide bonds. The van der Waals surface area contributed by atoms with Crippen LogP contribution in [0.1, 0.15) is 0 Å². The van der Waals surface area contributed by atoms with Crippen LogP contribution in [0.4, 0.5) is 11.6 Å². The summed E-state index contributed by atoms with van der Waals surface area (Å²) in [5, 5.41) is 11.6. The molecule has 2 aromatic rings. The molecule has 0 aliphatic carbocycles. The predicted molar refractivity (Wildman–Crippen MR) is 90.5 cm³/mol. The summed E-state index contributed by atoms with van der Waals surface area (Å²) in [4.78, 5) is 29.2. The summed E-state index contributed by atoms with van der Waals surface area (Å²) in [6.07, 6.45) is 1.64. The van der Waals surface area contributed by atoms with Crippen LogP contribution >= 0.6 is 15.9 Å². The number of aliphatic hydroxyl groups is 1. The highest BCUT2D eigenvalue weighted by Gasteiger charge is 2.21. The molecule has 0 saturated carbocycles. The predicted octanol–water partition coefficient (Wildman–Crippen LogP) is 0.470. The maximum Gasteiger partial charge on any atom is 0.251 e. The van der Waals surface area contributed by atoms with Crippen LogP contribution in [0, 0.1) is 0 Å². The van der Waals surface area contributed by atoms with Gasteiger partial charge in [0.1, 0.15) is 16.7 Å². The molecule has 1 aliphatic rings. The number of hydrogen-bond acceptors (Lipinski definition) is 7. The van der Waals surface area contributed by atoms with Crippen molar-refractivity contribution < 1.29 is 9.90 Å². The van der Waals surface area contributed by atoms with E-state index >= 15 is 0 Å². The quantitative estimate of drug-likeness (QED) is 0.747. The van der Waals surface area contributed by atoms with Gasteiger partial charge in [-0.25, -0.2) is 15.0 Å². The third-order valence-electron chi connectivity index (χ3n) is 3.70. The van der Waals surface area contributed by atoms with Crippen molar-refractivity contribution in [2.75, 3.05) is 50.1 Å². The molecular weight excluding hydrogens is 364 g/mol. The number of hydrogen-bond donors (Lipinski definition) is 2. The lowest BCUT2D eigenvalue weighted by Crippen LogP contribution is -2.45. The Balaban J connectivity index is 2.03. The van der Waals surface area contributed by atoms with Gasteiger partial charge in [-0.3, -0.25) is 4.79 Å². The van der Waals surface area contributed by atoms with Crippen LogP contribution in [0.25, 0.3) is 11.0 Å². The fourth-order valence-electron chi connectivity index (χ4n) is 2.42. The summed E-state index contributed by atoms with van der Waals surface area (Å²) in [6.45, 7) is 2.81. The van der Waals surface area contributed by atoms with E-state index in [2.05, 4.69) is 53.0 Å². The largest absolute Gasteiger partial charge is 0.387 e. The zero-order valence-electron chi connectivity index (χ0n) is 12.7. The molecule has 3 heterocycles. The number of aromatic nitrogens is 3. The normalized spacial score (nSPS) is 15.9. The van der Waals surface area contributed by atoms with Crippen molar-refractivity contribution in [2.45, 2.75) is 0 Å². The molecule has 0 bridgehead atoms. The molecule has 0 atom stereocenters. The van der Waals surface area contributed by atoms with Crippen molar-refractivity contribution in [1.29, 1.82) is 0 Å². The van der Waals surface area contributed by atoms with E-state index in [4.69, 9.17) is 5.11 Å². The lowest BCUT2D eigenvalue weighted by atomic mass is 10.3. The molecular formula is C14H17BrN6O2. The molecule has 23 heavy (non-hydrogen) atoms. The number of rotatable bonds is 3. The Morgan fingerprint density at radius 2 is 2.04 bits per heavy atom. The maximum atomic E-state index is 11.6. The smallest absolute Gasteiger partial charge is 0.251 e. The van der Waals surface area contributed by atoms with Gasteiger partial charge in [0.15, 0.2) is 11.6 Å². The molecule has 0 unspecified atom stereocenters. The third kappa shape index (κ3) is 3.57. The average molecular weight is 381 g/mol. The summed E-state index contributed by atoms with van der Waals surface area (Å²) in [6, 6.07) is 1.74.